The van der Waals surface area contributed by atoms with Gasteiger partial charge in [0.2, 0.25) is 0 Å². The fourth-order valence-corrected chi connectivity index (χ4v) is 4.43. The normalized spacial score (nSPS) is 10.9. The first kappa shape index (κ1) is 22.8. The molecule has 0 unspecified atom stereocenters. The number of H-pyrrole nitrogens is 1. The van der Waals surface area contributed by atoms with E-state index in [1.165, 1.54) is 33.3 Å². The predicted molar refractivity (Wildman–Crippen MR) is 140 cm³/mol. The van der Waals surface area contributed by atoms with Gasteiger partial charge in [0.1, 0.15) is 5.75 Å². The lowest BCUT2D eigenvalue weighted by atomic mass is 10.1. The number of methoxy groups -OCH3 is 1. The number of nitrogens with zero attached hydrogens (tertiary/aromatic N) is 2. The molecule has 0 saturated heterocycles. The molecular weight excluding hydrogens is 428 g/mol. The number of nitrogens with one attached hydrogen (secondary N) is 2. The van der Waals surface area contributed by atoms with E-state index in [0.29, 0.717) is 11.7 Å². The first-order valence-electron chi connectivity index (χ1n) is 11.1. The van der Waals surface area contributed by atoms with Crippen molar-refractivity contribution < 1.29 is 4.74 Å². The Hall–Kier alpha value is -3.38. The van der Waals surface area contributed by atoms with Gasteiger partial charge in [0.05, 0.1) is 7.11 Å². The van der Waals surface area contributed by atoms with Crippen molar-refractivity contribution in [2.75, 3.05) is 19.0 Å². The quantitative estimate of drug-likeness (QED) is 0.336. The van der Waals surface area contributed by atoms with E-state index < -0.39 is 0 Å². The summed E-state index contributed by atoms with van der Waals surface area (Å²) in [5.74, 6) is 0.864. The number of benzene rings is 2. The Morgan fingerprint density at radius 2 is 1.85 bits per heavy atom. The second kappa shape index (κ2) is 10.0. The summed E-state index contributed by atoms with van der Waals surface area (Å²) < 4.78 is 5.45. The van der Waals surface area contributed by atoms with Crippen molar-refractivity contribution in [2.45, 2.75) is 33.7 Å². The average Bonchev–Trinajstić information content (AvgIpc) is 3.13. The van der Waals surface area contributed by atoms with Crippen LogP contribution in [0, 0.1) is 20.8 Å². The lowest BCUT2D eigenvalue weighted by molar-refractivity contribution is 0.415. The molecule has 2 heterocycles. The van der Waals surface area contributed by atoms with Gasteiger partial charge in [-0.3, -0.25) is 4.98 Å². The first-order valence-corrected chi connectivity index (χ1v) is 11.5. The molecule has 6 heteroatoms. The third-order valence-electron chi connectivity index (χ3n) is 5.99. The fraction of sp³-hybridized carbons (Fsp3) is 0.259. The minimum atomic E-state index is 0.712. The van der Waals surface area contributed by atoms with Crippen LogP contribution in [-0.2, 0) is 13.0 Å². The summed E-state index contributed by atoms with van der Waals surface area (Å²) in [5.41, 5.74) is 8.22. The zero-order chi connectivity index (χ0) is 23.4. The number of aromatic nitrogens is 2. The van der Waals surface area contributed by atoms with Crippen molar-refractivity contribution in [3.8, 4) is 5.75 Å². The van der Waals surface area contributed by atoms with Gasteiger partial charge in [-0.05, 0) is 92.5 Å². The molecular formula is C27H30N4OS. The molecule has 0 spiro atoms. The minimum Gasteiger partial charge on any atom is -0.497 e. The van der Waals surface area contributed by atoms with Gasteiger partial charge in [0.15, 0.2) is 5.11 Å². The van der Waals surface area contributed by atoms with E-state index in [0.717, 1.165) is 29.9 Å². The Labute approximate surface area is 200 Å². The van der Waals surface area contributed by atoms with Crippen LogP contribution in [0.4, 0.5) is 5.69 Å². The van der Waals surface area contributed by atoms with Crippen LogP contribution < -0.4 is 10.1 Å². The summed E-state index contributed by atoms with van der Waals surface area (Å²) in [4.78, 5) is 9.88. The van der Waals surface area contributed by atoms with Crippen molar-refractivity contribution in [3.05, 3.63) is 88.9 Å². The summed E-state index contributed by atoms with van der Waals surface area (Å²) in [6.07, 6.45) is 4.51. The van der Waals surface area contributed by atoms with Gasteiger partial charge in [-0.15, -0.1) is 0 Å². The largest absolute Gasteiger partial charge is 0.497 e. The molecule has 0 saturated carbocycles. The number of hydrogen-bond donors (Lipinski definition) is 2. The summed E-state index contributed by atoms with van der Waals surface area (Å²) in [6.45, 7) is 7.83. The molecule has 0 bridgehead atoms. The highest BCUT2D eigenvalue weighted by atomic mass is 32.1. The van der Waals surface area contributed by atoms with E-state index in [4.69, 9.17) is 17.0 Å². The third kappa shape index (κ3) is 5.34. The van der Waals surface area contributed by atoms with Crippen LogP contribution in [0.5, 0.6) is 5.75 Å². The van der Waals surface area contributed by atoms with Crippen molar-refractivity contribution in [3.63, 3.8) is 0 Å². The Balaban J connectivity index is 1.58. The van der Waals surface area contributed by atoms with Crippen LogP contribution in [-0.4, -0.2) is 33.6 Å². The van der Waals surface area contributed by atoms with Crippen LogP contribution in [0.3, 0.4) is 0 Å². The van der Waals surface area contributed by atoms with Crippen molar-refractivity contribution in [1.29, 1.82) is 0 Å². The van der Waals surface area contributed by atoms with Gasteiger partial charge in [-0.25, -0.2) is 0 Å². The van der Waals surface area contributed by atoms with Crippen LogP contribution in [0.2, 0.25) is 0 Å². The standard InChI is InChI=1S/C27H30N4OS/c1-18-5-7-25(19(2)15-18)30-27(33)31(17-21-9-12-28-13-10-21)14-11-23-20(3)29-26-8-6-22(32-4)16-24(23)26/h5-10,12-13,15-16,29H,11,14,17H2,1-4H3,(H,30,33). The zero-order valence-electron chi connectivity index (χ0n) is 19.6. The molecule has 2 aromatic carbocycles. The molecule has 0 aliphatic heterocycles. The predicted octanol–water partition coefficient (Wildman–Crippen LogP) is 5.94. The smallest absolute Gasteiger partial charge is 0.173 e. The molecule has 0 atom stereocenters. The second-order valence-electron chi connectivity index (χ2n) is 8.42. The number of anilines is 1. The number of rotatable bonds is 7. The number of aromatic amines is 1. The van der Waals surface area contributed by atoms with E-state index in [1.807, 2.05) is 30.6 Å². The minimum absolute atomic E-state index is 0.712. The lowest BCUT2D eigenvalue weighted by Gasteiger charge is -2.27. The maximum Gasteiger partial charge on any atom is 0.173 e. The molecule has 170 valence electrons. The zero-order valence-corrected chi connectivity index (χ0v) is 20.4. The summed E-state index contributed by atoms with van der Waals surface area (Å²) in [7, 11) is 1.70. The summed E-state index contributed by atoms with van der Waals surface area (Å²) in [5, 5.41) is 5.39. The van der Waals surface area contributed by atoms with Crippen molar-refractivity contribution in [1.82, 2.24) is 14.9 Å². The van der Waals surface area contributed by atoms with Crippen molar-refractivity contribution >= 4 is 33.9 Å². The Morgan fingerprint density at radius 3 is 2.58 bits per heavy atom. The first-order chi connectivity index (χ1) is 15.9. The molecule has 2 aromatic heterocycles. The van der Waals surface area contributed by atoms with Gasteiger partial charge in [0.25, 0.3) is 0 Å². The number of aryl methyl sites for hydroxylation is 3. The lowest BCUT2D eigenvalue weighted by Crippen LogP contribution is -2.36. The molecule has 0 radical (unpaired) electrons. The number of ether oxygens (including phenoxy) is 1. The molecule has 2 N–H and O–H groups in total. The number of hydrogen-bond acceptors (Lipinski definition) is 3. The van der Waals surface area contributed by atoms with Crippen LogP contribution in [0.25, 0.3) is 10.9 Å². The molecule has 0 aliphatic rings. The molecule has 0 aliphatic carbocycles. The van der Waals surface area contributed by atoms with Crippen LogP contribution in [0.15, 0.2) is 60.9 Å². The van der Waals surface area contributed by atoms with E-state index in [2.05, 4.69) is 71.3 Å². The molecule has 0 fully saturated rings. The van der Waals surface area contributed by atoms with E-state index in [-0.39, 0.29) is 0 Å². The Kier molecular flexibility index (Phi) is 6.94. The highest BCUT2D eigenvalue weighted by Crippen LogP contribution is 2.27. The average molecular weight is 459 g/mol. The highest BCUT2D eigenvalue weighted by Gasteiger charge is 2.15. The molecule has 4 rings (SSSR count). The summed E-state index contributed by atoms with van der Waals surface area (Å²) in [6, 6.07) is 16.6. The Bertz CT molecular complexity index is 1270. The number of pyridine rings is 1. The van der Waals surface area contributed by atoms with Crippen LogP contribution in [0.1, 0.15) is 27.9 Å². The van der Waals surface area contributed by atoms with E-state index in [9.17, 15) is 0 Å². The molecule has 4 aromatic rings. The van der Waals surface area contributed by atoms with Crippen molar-refractivity contribution in [2.24, 2.45) is 0 Å². The number of thiocarbonyl (C=S) groups is 1. The monoisotopic (exact) mass is 458 g/mol. The molecule has 5 nitrogen and oxygen atoms in total. The summed E-state index contributed by atoms with van der Waals surface area (Å²) >= 11 is 5.88. The molecule has 0 amide bonds. The van der Waals surface area contributed by atoms with Gasteiger partial charge in [0, 0.05) is 47.8 Å². The van der Waals surface area contributed by atoms with Crippen LogP contribution >= 0.6 is 12.2 Å². The second-order valence-corrected chi connectivity index (χ2v) is 8.80. The van der Waals surface area contributed by atoms with Gasteiger partial charge in [-0.1, -0.05) is 17.7 Å². The topological polar surface area (TPSA) is 53.2 Å². The van der Waals surface area contributed by atoms with E-state index in [1.54, 1.807) is 7.11 Å². The fourth-order valence-electron chi connectivity index (χ4n) is 4.17. The SMILES string of the molecule is COc1ccc2[nH]c(C)c(CCN(Cc3ccncc3)C(=S)Nc3ccc(C)cc3C)c2c1. The third-order valence-corrected chi connectivity index (χ3v) is 6.35. The van der Waals surface area contributed by atoms with Gasteiger partial charge < -0.3 is 19.9 Å². The maximum atomic E-state index is 5.88. The molecule has 33 heavy (non-hydrogen) atoms. The number of fused-ring (bicyclic) bond motifs is 1. The van der Waals surface area contributed by atoms with Gasteiger partial charge in [-0.2, -0.15) is 0 Å². The highest BCUT2D eigenvalue weighted by molar-refractivity contribution is 7.80. The maximum absolute atomic E-state index is 5.88. The Morgan fingerprint density at radius 1 is 1.06 bits per heavy atom. The van der Waals surface area contributed by atoms with Gasteiger partial charge >= 0.3 is 0 Å². The van der Waals surface area contributed by atoms with E-state index >= 15 is 0 Å².